The van der Waals surface area contributed by atoms with Gasteiger partial charge in [-0.05, 0) is 51.0 Å². The van der Waals surface area contributed by atoms with Gasteiger partial charge in [0.2, 0.25) is 0 Å². The van der Waals surface area contributed by atoms with E-state index in [0.29, 0.717) is 6.04 Å². The van der Waals surface area contributed by atoms with E-state index in [2.05, 4.69) is 48.3 Å². The number of benzene rings is 1. The Labute approximate surface area is 134 Å². The van der Waals surface area contributed by atoms with E-state index in [1.165, 1.54) is 30.4 Å². The summed E-state index contributed by atoms with van der Waals surface area (Å²) in [6.45, 7) is 6.00. The van der Waals surface area contributed by atoms with Gasteiger partial charge in [-0.25, -0.2) is 4.79 Å². The number of nitrogens with zero attached hydrogens (tertiary/aromatic N) is 1. The quantitative estimate of drug-likeness (QED) is 0.895. The Kier molecular flexibility index (Phi) is 4.42. The monoisotopic (exact) mass is 300 g/mol. The predicted octanol–water partition coefficient (Wildman–Crippen LogP) is 4.00. The highest BCUT2D eigenvalue weighted by Crippen LogP contribution is 2.47. The third-order valence-electron chi connectivity index (χ3n) is 5.45. The second kappa shape index (κ2) is 6.31. The number of likely N-dealkylation sites (tertiary alicyclic amines) is 1. The van der Waals surface area contributed by atoms with Crippen LogP contribution in [0.15, 0.2) is 24.3 Å². The molecule has 1 N–H and O–H groups in total. The average molecular weight is 300 g/mol. The molecular formula is C19H28N2O. The van der Waals surface area contributed by atoms with Crippen molar-refractivity contribution in [2.75, 3.05) is 13.1 Å². The Morgan fingerprint density at radius 3 is 2.64 bits per heavy atom. The molecule has 2 fully saturated rings. The molecule has 22 heavy (non-hydrogen) atoms. The maximum absolute atomic E-state index is 12.5. The van der Waals surface area contributed by atoms with Crippen molar-refractivity contribution in [3.05, 3.63) is 35.4 Å². The van der Waals surface area contributed by atoms with Gasteiger partial charge < -0.3 is 10.2 Å². The fourth-order valence-corrected chi connectivity index (χ4v) is 3.66. The summed E-state index contributed by atoms with van der Waals surface area (Å²) < 4.78 is 0. The van der Waals surface area contributed by atoms with E-state index in [4.69, 9.17) is 0 Å². The van der Waals surface area contributed by atoms with E-state index in [0.717, 1.165) is 32.4 Å². The van der Waals surface area contributed by atoms with E-state index < -0.39 is 0 Å². The van der Waals surface area contributed by atoms with Crippen LogP contribution < -0.4 is 5.32 Å². The summed E-state index contributed by atoms with van der Waals surface area (Å²) in [5.41, 5.74) is 2.87. The van der Waals surface area contributed by atoms with Crippen molar-refractivity contribution in [3.63, 3.8) is 0 Å². The Morgan fingerprint density at radius 1 is 1.27 bits per heavy atom. The number of piperidine rings is 1. The van der Waals surface area contributed by atoms with Gasteiger partial charge in [0.25, 0.3) is 0 Å². The summed E-state index contributed by atoms with van der Waals surface area (Å²) in [6, 6.07) is 9.38. The number of amides is 2. The van der Waals surface area contributed by atoms with Crippen molar-refractivity contribution in [2.24, 2.45) is 0 Å². The van der Waals surface area contributed by atoms with Crippen molar-refractivity contribution in [2.45, 2.75) is 63.8 Å². The predicted molar refractivity (Wildman–Crippen MR) is 90.1 cm³/mol. The highest BCUT2D eigenvalue weighted by molar-refractivity contribution is 5.75. The van der Waals surface area contributed by atoms with Crippen LogP contribution in [0.1, 0.15) is 56.6 Å². The topological polar surface area (TPSA) is 32.3 Å². The Bertz CT molecular complexity index is 519. The molecule has 3 heteroatoms. The fourth-order valence-electron chi connectivity index (χ4n) is 3.66. The van der Waals surface area contributed by atoms with E-state index >= 15 is 0 Å². The lowest BCUT2D eigenvalue weighted by Crippen LogP contribution is -2.49. The Morgan fingerprint density at radius 2 is 2.00 bits per heavy atom. The average Bonchev–Trinajstić information content (AvgIpc) is 3.34. The molecular weight excluding hydrogens is 272 g/mol. The van der Waals surface area contributed by atoms with Gasteiger partial charge in [-0.3, -0.25) is 0 Å². The molecule has 1 saturated carbocycles. The Balaban J connectivity index is 1.59. The molecule has 0 radical (unpaired) electrons. The van der Waals surface area contributed by atoms with Crippen LogP contribution in [0.25, 0.3) is 0 Å². The number of nitrogens with one attached hydrogen (secondary N) is 1. The van der Waals surface area contributed by atoms with Gasteiger partial charge >= 0.3 is 6.03 Å². The van der Waals surface area contributed by atoms with Crippen molar-refractivity contribution >= 4 is 6.03 Å². The standard InChI is InChI=1S/C19H28N2O/c1-3-17-6-4-5-13-21(17)18(22)20-14-19(11-12-19)16-9-7-15(2)8-10-16/h7-10,17H,3-6,11-14H2,1-2H3,(H,20,22). The van der Waals surface area contributed by atoms with Crippen molar-refractivity contribution in [1.29, 1.82) is 0 Å². The largest absolute Gasteiger partial charge is 0.337 e. The first-order valence-electron chi connectivity index (χ1n) is 8.76. The van der Waals surface area contributed by atoms with Gasteiger partial charge in [-0.15, -0.1) is 0 Å². The smallest absolute Gasteiger partial charge is 0.317 e. The lowest BCUT2D eigenvalue weighted by Gasteiger charge is -2.35. The van der Waals surface area contributed by atoms with E-state index in [9.17, 15) is 4.79 Å². The number of aryl methyl sites for hydroxylation is 1. The maximum atomic E-state index is 12.5. The summed E-state index contributed by atoms with van der Waals surface area (Å²) in [4.78, 5) is 14.6. The van der Waals surface area contributed by atoms with Crippen molar-refractivity contribution in [1.82, 2.24) is 10.2 Å². The van der Waals surface area contributed by atoms with Crippen molar-refractivity contribution in [3.8, 4) is 0 Å². The van der Waals surface area contributed by atoms with Gasteiger partial charge in [-0.1, -0.05) is 36.8 Å². The molecule has 1 atom stereocenters. The molecule has 1 unspecified atom stereocenters. The number of hydrogen-bond acceptors (Lipinski definition) is 1. The molecule has 3 rings (SSSR count). The number of hydrogen-bond donors (Lipinski definition) is 1. The summed E-state index contributed by atoms with van der Waals surface area (Å²) in [5.74, 6) is 0. The van der Waals surface area contributed by atoms with Crippen molar-refractivity contribution < 1.29 is 4.79 Å². The number of rotatable bonds is 4. The lowest BCUT2D eigenvalue weighted by molar-refractivity contribution is 0.148. The molecule has 1 aliphatic carbocycles. The summed E-state index contributed by atoms with van der Waals surface area (Å²) in [6.07, 6.45) is 7.01. The van der Waals surface area contributed by atoms with E-state index in [1.807, 2.05) is 0 Å². The van der Waals surface area contributed by atoms with Crippen LogP contribution >= 0.6 is 0 Å². The van der Waals surface area contributed by atoms with Gasteiger partial charge in [0.05, 0.1) is 0 Å². The van der Waals surface area contributed by atoms with Gasteiger partial charge in [0, 0.05) is 24.5 Å². The Hall–Kier alpha value is -1.51. The maximum Gasteiger partial charge on any atom is 0.317 e. The summed E-state index contributed by atoms with van der Waals surface area (Å²) >= 11 is 0. The van der Waals surface area contributed by atoms with Gasteiger partial charge in [-0.2, -0.15) is 0 Å². The molecule has 1 heterocycles. The highest BCUT2D eigenvalue weighted by Gasteiger charge is 2.44. The molecule has 0 aromatic heterocycles. The molecule has 3 nitrogen and oxygen atoms in total. The number of carbonyl (C=O) groups excluding carboxylic acids is 1. The zero-order valence-corrected chi connectivity index (χ0v) is 13.9. The van der Waals surface area contributed by atoms with Crippen LogP contribution in [0.5, 0.6) is 0 Å². The first-order valence-corrected chi connectivity index (χ1v) is 8.76. The molecule has 0 spiro atoms. The summed E-state index contributed by atoms with van der Waals surface area (Å²) in [7, 11) is 0. The van der Waals surface area contributed by atoms with E-state index in [-0.39, 0.29) is 11.4 Å². The van der Waals surface area contributed by atoms with Crippen LogP contribution in [0, 0.1) is 6.92 Å². The first-order chi connectivity index (χ1) is 10.6. The van der Waals surface area contributed by atoms with Gasteiger partial charge in [0.15, 0.2) is 0 Å². The van der Waals surface area contributed by atoms with Gasteiger partial charge in [0.1, 0.15) is 0 Å². The summed E-state index contributed by atoms with van der Waals surface area (Å²) in [5, 5.41) is 3.22. The molecule has 0 bridgehead atoms. The zero-order chi connectivity index (χ0) is 15.6. The lowest BCUT2D eigenvalue weighted by atomic mass is 9.95. The normalized spacial score (nSPS) is 23.2. The van der Waals surface area contributed by atoms with Crippen LogP contribution in [0.3, 0.4) is 0 Å². The molecule has 1 saturated heterocycles. The third kappa shape index (κ3) is 3.13. The van der Waals surface area contributed by atoms with Crippen LogP contribution in [-0.2, 0) is 5.41 Å². The van der Waals surface area contributed by atoms with Crippen LogP contribution in [-0.4, -0.2) is 30.1 Å². The molecule has 2 amide bonds. The SMILES string of the molecule is CCC1CCCCN1C(=O)NCC1(c2ccc(C)cc2)CC1. The molecule has 1 aromatic rings. The molecule has 1 aliphatic heterocycles. The number of carbonyl (C=O) groups is 1. The van der Waals surface area contributed by atoms with Crippen LogP contribution in [0.2, 0.25) is 0 Å². The fraction of sp³-hybridized carbons (Fsp3) is 0.632. The minimum absolute atomic E-state index is 0.143. The number of urea groups is 1. The third-order valence-corrected chi connectivity index (χ3v) is 5.45. The highest BCUT2D eigenvalue weighted by atomic mass is 16.2. The van der Waals surface area contributed by atoms with E-state index in [1.54, 1.807) is 0 Å². The minimum Gasteiger partial charge on any atom is -0.337 e. The van der Waals surface area contributed by atoms with Crippen LogP contribution in [0.4, 0.5) is 4.79 Å². The zero-order valence-electron chi connectivity index (χ0n) is 13.9. The second-order valence-electron chi connectivity index (χ2n) is 7.06. The molecule has 2 aliphatic rings. The first kappa shape index (κ1) is 15.4. The molecule has 120 valence electrons. The second-order valence-corrected chi connectivity index (χ2v) is 7.06. The minimum atomic E-state index is 0.143. The molecule has 1 aromatic carbocycles.